The van der Waals surface area contributed by atoms with E-state index in [9.17, 15) is 10.1 Å². The maximum atomic E-state index is 10.5. The first kappa shape index (κ1) is 8.55. The monoisotopic (exact) mass is 192 g/mol. The molecule has 72 valence electrons. The number of nitro benzene ring substituents is 1. The van der Waals surface area contributed by atoms with Gasteiger partial charge in [-0.3, -0.25) is 10.1 Å². The predicted octanol–water partition coefficient (Wildman–Crippen LogP) is 1.29. The Labute approximate surface area is 79.9 Å². The van der Waals surface area contributed by atoms with Crippen LogP contribution in [0.1, 0.15) is 5.56 Å². The van der Waals surface area contributed by atoms with Crippen molar-refractivity contribution in [3.63, 3.8) is 0 Å². The fraction of sp³-hybridized carbons (Fsp3) is 0.111. The number of nitrogens with zero attached hydrogens (tertiary/aromatic N) is 1. The van der Waals surface area contributed by atoms with Gasteiger partial charge in [0, 0.05) is 23.4 Å². The SMILES string of the molecule is NC1=CCOc2ccc([N+](=O)[O-])cc21. The Bertz CT molecular complexity index is 426. The molecule has 5 heteroatoms. The molecule has 1 aliphatic heterocycles. The molecule has 1 aromatic carbocycles. The van der Waals surface area contributed by atoms with Crippen LogP contribution in [0, 0.1) is 10.1 Å². The summed E-state index contributed by atoms with van der Waals surface area (Å²) in [6.07, 6.45) is 1.69. The number of nitro groups is 1. The van der Waals surface area contributed by atoms with Crippen molar-refractivity contribution in [1.82, 2.24) is 0 Å². The number of rotatable bonds is 1. The lowest BCUT2D eigenvalue weighted by atomic mass is 10.1. The minimum absolute atomic E-state index is 0.0191. The van der Waals surface area contributed by atoms with E-state index in [4.69, 9.17) is 10.5 Å². The lowest BCUT2D eigenvalue weighted by molar-refractivity contribution is -0.384. The van der Waals surface area contributed by atoms with Gasteiger partial charge >= 0.3 is 0 Å². The first-order valence-electron chi connectivity index (χ1n) is 4.06. The lowest BCUT2D eigenvalue weighted by Gasteiger charge is -2.15. The van der Waals surface area contributed by atoms with Crippen LogP contribution < -0.4 is 10.5 Å². The van der Waals surface area contributed by atoms with Gasteiger partial charge in [0.15, 0.2) is 0 Å². The van der Waals surface area contributed by atoms with Gasteiger partial charge < -0.3 is 10.5 Å². The van der Waals surface area contributed by atoms with Crippen molar-refractivity contribution in [2.24, 2.45) is 5.73 Å². The van der Waals surface area contributed by atoms with Crippen molar-refractivity contribution >= 4 is 11.4 Å². The molecule has 2 rings (SSSR count). The van der Waals surface area contributed by atoms with E-state index in [2.05, 4.69) is 0 Å². The van der Waals surface area contributed by atoms with E-state index in [1.54, 1.807) is 12.1 Å². The minimum Gasteiger partial charge on any atom is -0.489 e. The Kier molecular flexibility index (Phi) is 1.85. The average molecular weight is 192 g/mol. The van der Waals surface area contributed by atoms with Gasteiger partial charge in [0.25, 0.3) is 5.69 Å². The first-order chi connectivity index (χ1) is 6.68. The molecule has 1 aromatic rings. The summed E-state index contributed by atoms with van der Waals surface area (Å²) in [5, 5.41) is 10.5. The highest BCUT2D eigenvalue weighted by Gasteiger charge is 2.15. The molecule has 0 bridgehead atoms. The molecule has 0 radical (unpaired) electrons. The Balaban J connectivity index is 2.53. The van der Waals surface area contributed by atoms with Crippen LogP contribution in [0.25, 0.3) is 5.70 Å². The van der Waals surface area contributed by atoms with Gasteiger partial charge in [0.2, 0.25) is 0 Å². The molecule has 14 heavy (non-hydrogen) atoms. The molecule has 0 saturated carbocycles. The third-order valence-corrected chi connectivity index (χ3v) is 2.03. The maximum Gasteiger partial charge on any atom is 0.270 e. The molecule has 0 aliphatic carbocycles. The molecule has 0 saturated heterocycles. The van der Waals surface area contributed by atoms with Crippen molar-refractivity contribution in [3.05, 3.63) is 40.0 Å². The van der Waals surface area contributed by atoms with Gasteiger partial charge in [0.05, 0.1) is 4.92 Å². The highest BCUT2D eigenvalue weighted by atomic mass is 16.6. The first-order valence-corrected chi connectivity index (χ1v) is 4.06. The molecule has 0 atom stereocenters. The number of hydrogen-bond donors (Lipinski definition) is 1. The number of ether oxygens (including phenoxy) is 1. The van der Waals surface area contributed by atoms with Gasteiger partial charge in [-0.05, 0) is 12.1 Å². The van der Waals surface area contributed by atoms with Crippen molar-refractivity contribution < 1.29 is 9.66 Å². The second-order valence-corrected chi connectivity index (χ2v) is 2.91. The summed E-state index contributed by atoms with van der Waals surface area (Å²) in [5.41, 5.74) is 6.80. The average Bonchev–Trinajstić information content (AvgIpc) is 2.18. The normalized spacial score (nSPS) is 13.9. The fourth-order valence-electron chi connectivity index (χ4n) is 1.31. The summed E-state index contributed by atoms with van der Waals surface area (Å²) in [4.78, 5) is 10.0. The van der Waals surface area contributed by atoms with Crippen molar-refractivity contribution in [2.45, 2.75) is 0 Å². The number of benzene rings is 1. The third-order valence-electron chi connectivity index (χ3n) is 2.03. The van der Waals surface area contributed by atoms with E-state index < -0.39 is 4.92 Å². The highest BCUT2D eigenvalue weighted by molar-refractivity contribution is 5.71. The molecule has 1 heterocycles. The van der Waals surface area contributed by atoms with Gasteiger partial charge in [-0.2, -0.15) is 0 Å². The van der Waals surface area contributed by atoms with E-state index in [0.717, 1.165) is 0 Å². The number of hydrogen-bond acceptors (Lipinski definition) is 4. The lowest BCUT2D eigenvalue weighted by Crippen LogP contribution is -2.09. The van der Waals surface area contributed by atoms with E-state index in [-0.39, 0.29) is 5.69 Å². The zero-order chi connectivity index (χ0) is 10.1. The van der Waals surface area contributed by atoms with E-state index in [1.807, 2.05) is 0 Å². The van der Waals surface area contributed by atoms with Crippen molar-refractivity contribution in [3.8, 4) is 5.75 Å². The van der Waals surface area contributed by atoms with Gasteiger partial charge in [0.1, 0.15) is 12.4 Å². The van der Waals surface area contributed by atoms with E-state index >= 15 is 0 Å². The van der Waals surface area contributed by atoms with Gasteiger partial charge in [-0.15, -0.1) is 0 Å². The van der Waals surface area contributed by atoms with Gasteiger partial charge in [-0.25, -0.2) is 0 Å². The van der Waals surface area contributed by atoms with Crippen molar-refractivity contribution in [2.75, 3.05) is 6.61 Å². The molecular formula is C9H8N2O3. The van der Waals surface area contributed by atoms with Gasteiger partial charge in [-0.1, -0.05) is 0 Å². The number of fused-ring (bicyclic) bond motifs is 1. The fourth-order valence-corrected chi connectivity index (χ4v) is 1.31. The van der Waals surface area contributed by atoms with Crippen molar-refractivity contribution in [1.29, 1.82) is 0 Å². The topological polar surface area (TPSA) is 78.4 Å². The molecular weight excluding hydrogens is 184 g/mol. The summed E-state index contributed by atoms with van der Waals surface area (Å²) < 4.78 is 5.25. The number of nitrogens with two attached hydrogens (primary N) is 1. The van der Waals surface area contributed by atoms with Crippen LogP contribution in [0.3, 0.4) is 0 Å². The molecule has 0 spiro atoms. The molecule has 2 N–H and O–H groups in total. The molecule has 5 nitrogen and oxygen atoms in total. The molecule has 0 aromatic heterocycles. The summed E-state index contributed by atoms with van der Waals surface area (Å²) in [5.74, 6) is 0.593. The quantitative estimate of drug-likeness (QED) is 0.537. The van der Waals surface area contributed by atoms with Crippen LogP contribution in [-0.4, -0.2) is 11.5 Å². The minimum atomic E-state index is -0.456. The van der Waals surface area contributed by atoms with Crippen LogP contribution in [0.2, 0.25) is 0 Å². The molecule has 0 unspecified atom stereocenters. The van der Waals surface area contributed by atoms with Crippen LogP contribution in [0.5, 0.6) is 5.75 Å². The Hall–Kier alpha value is -2.04. The van der Waals surface area contributed by atoms with E-state index in [1.165, 1.54) is 12.1 Å². The zero-order valence-electron chi connectivity index (χ0n) is 7.27. The summed E-state index contributed by atoms with van der Waals surface area (Å²) in [7, 11) is 0. The molecule has 1 aliphatic rings. The Morgan fingerprint density at radius 1 is 1.50 bits per heavy atom. The summed E-state index contributed by atoms with van der Waals surface area (Å²) >= 11 is 0. The largest absolute Gasteiger partial charge is 0.489 e. The third kappa shape index (κ3) is 1.28. The van der Waals surface area contributed by atoms with Crippen LogP contribution in [0.15, 0.2) is 24.3 Å². The van der Waals surface area contributed by atoms with Crippen LogP contribution in [0.4, 0.5) is 5.69 Å². The highest BCUT2D eigenvalue weighted by Crippen LogP contribution is 2.30. The molecule has 0 fully saturated rings. The second-order valence-electron chi connectivity index (χ2n) is 2.91. The Morgan fingerprint density at radius 2 is 2.29 bits per heavy atom. The maximum absolute atomic E-state index is 10.5. The van der Waals surface area contributed by atoms with Crippen LogP contribution >= 0.6 is 0 Å². The van der Waals surface area contributed by atoms with E-state index in [0.29, 0.717) is 23.6 Å². The predicted molar refractivity (Wildman–Crippen MR) is 50.8 cm³/mol. The smallest absolute Gasteiger partial charge is 0.270 e. The second kappa shape index (κ2) is 3.02. The molecule has 0 amide bonds. The zero-order valence-corrected chi connectivity index (χ0v) is 7.27. The summed E-state index contributed by atoms with van der Waals surface area (Å²) in [6.45, 7) is 0.413. The number of non-ortho nitro benzene ring substituents is 1. The summed E-state index contributed by atoms with van der Waals surface area (Å²) in [6, 6.07) is 4.38. The standard InChI is InChI=1S/C9H8N2O3/c10-8-3-4-14-9-2-1-6(11(12)13)5-7(8)9/h1-3,5H,4,10H2. The Morgan fingerprint density at radius 3 is 3.00 bits per heavy atom. The van der Waals surface area contributed by atoms with Crippen LogP contribution in [-0.2, 0) is 0 Å².